The van der Waals surface area contributed by atoms with Crippen molar-refractivity contribution in [1.29, 1.82) is 0 Å². The van der Waals surface area contributed by atoms with Crippen molar-refractivity contribution in [2.45, 2.75) is 47.9 Å². The van der Waals surface area contributed by atoms with Crippen LogP contribution in [0.1, 0.15) is 49.3 Å². The summed E-state index contributed by atoms with van der Waals surface area (Å²) in [7, 11) is -3.44. The van der Waals surface area contributed by atoms with Gasteiger partial charge in [0.25, 0.3) is 0 Å². The highest BCUT2D eigenvalue weighted by Gasteiger charge is 2.39. The highest BCUT2D eigenvalue weighted by Crippen LogP contribution is 2.50. The second kappa shape index (κ2) is 8.30. The molecule has 0 radical (unpaired) electrons. The van der Waals surface area contributed by atoms with E-state index in [2.05, 4.69) is 54.9 Å². The van der Waals surface area contributed by atoms with Crippen LogP contribution in [0.4, 0.5) is 5.69 Å². The fourth-order valence-corrected chi connectivity index (χ4v) is 7.16. The largest absolute Gasteiger partial charge is 0.378 e. The number of piperidine rings is 1. The normalized spacial score (nSPS) is 26.3. The lowest BCUT2D eigenvalue weighted by Crippen LogP contribution is -2.38. The number of nitrogens with one attached hydrogen (secondary N) is 1. The molecule has 6 heteroatoms. The number of thioether (sulfide) groups is 1. The van der Waals surface area contributed by atoms with Gasteiger partial charge in [0.1, 0.15) is 0 Å². The zero-order chi connectivity index (χ0) is 21.6. The van der Waals surface area contributed by atoms with Crippen molar-refractivity contribution >= 4 is 27.5 Å². The van der Waals surface area contributed by atoms with E-state index in [1.54, 1.807) is 22.1 Å². The van der Waals surface area contributed by atoms with Crippen LogP contribution in [0, 0.1) is 11.8 Å². The van der Waals surface area contributed by atoms with E-state index in [1.165, 1.54) is 10.5 Å². The molecule has 31 heavy (non-hydrogen) atoms. The van der Waals surface area contributed by atoms with Crippen LogP contribution < -0.4 is 5.32 Å². The molecule has 1 aliphatic carbocycles. The van der Waals surface area contributed by atoms with Crippen molar-refractivity contribution in [3.8, 4) is 0 Å². The third-order valence-corrected chi connectivity index (χ3v) is 9.83. The summed E-state index contributed by atoms with van der Waals surface area (Å²) in [4.78, 5) is 1.70. The summed E-state index contributed by atoms with van der Waals surface area (Å²) in [6.45, 7) is 3.45. The van der Waals surface area contributed by atoms with Crippen molar-refractivity contribution in [1.82, 2.24) is 4.31 Å². The first-order valence-corrected chi connectivity index (χ1v) is 13.8. The van der Waals surface area contributed by atoms with Gasteiger partial charge >= 0.3 is 0 Å². The summed E-state index contributed by atoms with van der Waals surface area (Å²) in [5.41, 5.74) is 3.46. The van der Waals surface area contributed by atoms with Crippen molar-refractivity contribution < 1.29 is 8.42 Å². The maximum Gasteiger partial charge on any atom is 0.243 e. The molecule has 2 aromatic carbocycles. The Morgan fingerprint density at radius 1 is 1.06 bits per heavy atom. The number of anilines is 1. The number of hydrogen-bond donors (Lipinski definition) is 1. The number of nitrogens with zero attached hydrogens (tertiary/aromatic N) is 1. The van der Waals surface area contributed by atoms with Crippen LogP contribution in [0.3, 0.4) is 0 Å². The summed E-state index contributed by atoms with van der Waals surface area (Å²) in [6, 6.07) is 14.7. The van der Waals surface area contributed by atoms with Gasteiger partial charge in [-0.2, -0.15) is 4.31 Å². The topological polar surface area (TPSA) is 49.4 Å². The number of hydrogen-bond acceptors (Lipinski definition) is 4. The molecule has 0 amide bonds. The third kappa shape index (κ3) is 3.83. The lowest BCUT2D eigenvalue weighted by molar-refractivity contribution is 0.288. The zero-order valence-corrected chi connectivity index (χ0v) is 19.8. The molecule has 0 spiro atoms. The van der Waals surface area contributed by atoms with E-state index in [0.717, 1.165) is 30.5 Å². The molecule has 2 aromatic rings. The average Bonchev–Trinajstić information content (AvgIpc) is 3.29. The lowest BCUT2D eigenvalue weighted by Gasteiger charge is -2.38. The molecular formula is C25H30N2O2S2. The predicted octanol–water partition coefficient (Wildman–Crippen LogP) is 5.66. The molecule has 3 atom stereocenters. The van der Waals surface area contributed by atoms with E-state index in [9.17, 15) is 8.42 Å². The van der Waals surface area contributed by atoms with Crippen molar-refractivity contribution in [3.63, 3.8) is 0 Å². The summed E-state index contributed by atoms with van der Waals surface area (Å²) >= 11 is 1.75. The molecule has 1 fully saturated rings. The Morgan fingerprint density at radius 3 is 2.52 bits per heavy atom. The highest BCUT2D eigenvalue weighted by molar-refractivity contribution is 7.98. The molecule has 1 saturated heterocycles. The fourth-order valence-electron chi connectivity index (χ4n) is 5.25. The number of sulfonamides is 1. The van der Waals surface area contributed by atoms with Gasteiger partial charge in [0.15, 0.2) is 0 Å². The molecule has 0 aromatic heterocycles. The van der Waals surface area contributed by atoms with Gasteiger partial charge in [-0.05, 0) is 78.8 Å². The molecule has 3 unspecified atom stereocenters. The zero-order valence-electron chi connectivity index (χ0n) is 18.1. The first-order chi connectivity index (χ1) is 15.0. The van der Waals surface area contributed by atoms with Gasteiger partial charge in [0, 0.05) is 29.6 Å². The van der Waals surface area contributed by atoms with Crippen LogP contribution in [-0.2, 0) is 10.0 Å². The van der Waals surface area contributed by atoms with Gasteiger partial charge in [-0.15, -0.1) is 11.8 Å². The summed E-state index contributed by atoms with van der Waals surface area (Å²) < 4.78 is 28.3. The number of fused-ring (bicyclic) bond motifs is 3. The Balaban J connectivity index is 1.47. The maximum absolute atomic E-state index is 13.3. The predicted molar refractivity (Wildman–Crippen MR) is 128 cm³/mol. The quantitative estimate of drug-likeness (QED) is 0.479. The Hall–Kier alpha value is -1.76. The van der Waals surface area contributed by atoms with Crippen LogP contribution in [0.5, 0.6) is 0 Å². The van der Waals surface area contributed by atoms with Crippen molar-refractivity contribution in [2.24, 2.45) is 11.8 Å². The number of allylic oxidation sites excluding steroid dienone is 2. The van der Waals surface area contributed by atoms with Gasteiger partial charge in [0.2, 0.25) is 10.0 Å². The first-order valence-electron chi connectivity index (χ1n) is 11.2. The van der Waals surface area contributed by atoms with Gasteiger partial charge in [0.05, 0.1) is 10.9 Å². The minimum absolute atomic E-state index is 0.231. The maximum atomic E-state index is 13.3. The Kier molecular flexibility index (Phi) is 5.65. The second-order valence-electron chi connectivity index (χ2n) is 9.08. The van der Waals surface area contributed by atoms with E-state index in [1.807, 2.05) is 12.1 Å². The molecule has 0 saturated carbocycles. The SMILES string of the molecule is CSc1ccc(C2Nc3ccc(S(=O)(=O)N4CCC(C)CC4)cc3C3C=CCC32)cc1. The van der Waals surface area contributed by atoms with Crippen LogP contribution >= 0.6 is 11.8 Å². The van der Waals surface area contributed by atoms with E-state index in [-0.39, 0.29) is 12.0 Å². The van der Waals surface area contributed by atoms with E-state index >= 15 is 0 Å². The van der Waals surface area contributed by atoms with Crippen LogP contribution in [-0.4, -0.2) is 32.1 Å². The molecular weight excluding hydrogens is 424 g/mol. The van der Waals surface area contributed by atoms with Gasteiger partial charge in [-0.25, -0.2) is 8.42 Å². The average molecular weight is 455 g/mol. The summed E-state index contributed by atoms with van der Waals surface area (Å²) in [5, 5.41) is 3.73. The minimum atomic E-state index is -3.44. The number of benzene rings is 2. The lowest BCUT2D eigenvalue weighted by atomic mass is 9.77. The third-order valence-electron chi connectivity index (χ3n) is 7.19. The van der Waals surface area contributed by atoms with E-state index in [0.29, 0.717) is 29.8 Å². The second-order valence-corrected chi connectivity index (χ2v) is 11.9. The van der Waals surface area contributed by atoms with E-state index in [4.69, 9.17) is 0 Å². The Labute approximate surface area is 190 Å². The van der Waals surface area contributed by atoms with E-state index < -0.39 is 10.0 Å². The molecule has 0 bridgehead atoms. The fraction of sp³-hybridized carbons (Fsp3) is 0.440. The molecule has 1 N–H and O–H groups in total. The Bertz CT molecular complexity index is 1090. The molecule has 4 nitrogen and oxygen atoms in total. The standard InChI is InChI=1S/C25H30N2O2S2/c1-17-12-14-27(15-13-17)31(28,29)20-10-11-24-23(16-20)21-4-3-5-22(21)25(26-24)18-6-8-19(30-2)9-7-18/h3-4,6-11,16-17,21-22,25-26H,5,12-15H2,1-2H3. The van der Waals surface area contributed by atoms with Crippen LogP contribution in [0.15, 0.2) is 64.4 Å². The van der Waals surface area contributed by atoms with Gasteiger partial charge in [-0.1, -0.05) is 31.2 Å². The van der Waals surface area contributed by atoms with Crippen LogP contribution in [0.25, 0.3) is 0 Å². The van der Waals surface area contributed by atoms with Gasteiger partial charge < -0.3 is 5.32 Å². The monoisotopic (exact) mass is 454 g/mol. The van der Waals surface area contributed by atoms with Crippen molar-refractivity contribution in [2.75, 3.05) is 24.7 Å². The molecule has 3 aliphatic rings. The smallest absolute Gasteiger partial charge is 0.243 e. The summed E-state index contributed by atoms with van der Waals surface area (Å²) in [5.74, 6) is 1.25. The molecule has 5 rings (SSSR count). The highest BCUT2D eigenvalue weighted by atomic mass is 32.2. The first kappa shape index (κ1) is 21.1. The molecule has 2 heterocycles. The number of rotatable bonds is 4. The molecule has 2 aliphatic heterocycles. The Morgan fingerprint density at radius 2 is 1.81 bits per heavy atom. The van der Waals surface area contributed by atoms with Gasteiger partial charge in [-0.3, -0.25) is 0 Å². The minimum Gasteiger partial charge on any atom is -0.378 e. The van der Waals surface area contributed by atoms with Crippen LogP contribution in [0.2, 0.25) is 0 Å². The van der Waals surface area contributed by atoms with Crippen molar-refractivity contribution in [3.05, 3.63) is 65.7 Å². The molecule has 164 valence electrons. The summed E-state index contributed by atoms with van der Waals surface area (Å²) in [6.07, 6.45) is 9.51.